The third-order valence-corrected chi connectivity index (χ3v) is 3.55. The lowest BCUT2D eigenvalue weighted by Gasteiger charge is -2.11. The maximum Gasteiger partial charge on any atom is 0.247 e. The zero-order valence-corrected chi connectivity index (χ0v) is 13.7. The maximum absolute atomic E-state index is 11.5. The van der Waals surface area contributed by atoms with Gasteiger partial charge in [0.05, 0.1) is 5.69 Å². The minimum Gasteiger partial charge on any atom is -0.324 e. The molecule has 0 aliphatic rings. The van der Waals surface area contributed by atoms with Gasteiger partial charge >= 0.3 is 0 Å². The smallest absolute Gasteiger partial charge is 0.247 e. The summed E-state index contributed by atoms with van der Waals surface area (Å²) in [5.74, 6) is 0.210. The van der Waals surface area contributed by atoms with Crippen LogP contribution in [0.25, 0.3) is 11.3 Å². The molecule has 0 aliphatic carbocycles. The molecule has 2 heterocycles. The SMILES string of the molecule is C=CC(=O)Nc1ccc(C)c(Nc2nccc(-c3cccnc3)n2)c1. The lowest BCUT2D eigenvalue weighted by Crippen LogP contribution is -2.08. The van der Waals surface area contributed by atoms with Crippen molar-refractivity contribution in [1.82, 2.24) is 15.0 Å². The summed E-state index contributed by atoms with van der Waals surface area (Å²) in [6.07, 6.45) is 6.39. The van der Waals surface area contributed by atoms with Gasteiger partial charge in [0, 0.05) is 35.5 Å². The molecule has 0 fully saturated rings. The molecule has 2 aromatic heterocycles. The van der Waals surface area contributed by atoms with Gasteiger partial charge in [0.2, 0.25) is 11.9 Å². The van der Waals surface area contributed by atoms with Crippen LogP contribution in [0.3, 0.4) is 0 Å². The van der Waals surface area contributed by atoms with E-state index in [1.165, 1.54) is 6.08 Å². The number of aryl methyl sites for hydroxylation is 1. The third-order valence-electron chi connectivity index (χ3n) is 3.55. The topological polar surface area (TPSA) is 79.8 Å². The van der Waals surface area contributed by atoms with Gasteiger partial charge in [-0.25, -0.2) is 9.97 Å². The molecule has 124 valence electrons. The lowest BCUT2D eigenvalue weighted by molar-refractivity contribution is -0.111. The summed E-state index contributed by atoms with van der Waals surface area (Å²) >= 11 is 0. The molecular weight excluding hydrogens is 314 g/mol. The number of carbonyl (C=O) groups excluding carboxylic acids is 1. The van der Waals surface area contributed by atoms with Crippen LogP contribution in [0.2, 0.25) is 0 Å². The fourth-order valence-electron chi connectivity index (χ4n) is 2.24. The molecule has 3 rings (SSSR count). The van der Waals surface area contributed by atoms with E-state index in [2.05, 4.69) is 32.2 Å². The molecule has 0 unspecified atom stereocenters. The number of aromatic nitrogens is 3. The molecule has 2 N–H and O–H groups in total. The summed E-state index contributed by atoms with van der Waals surface area (Å²) in [7, 11) is 0. The molecule has 0 radical (unpaired) electrons. The fraction of sp³-hybridized carbons (Fsp3) is 0.0526. The van der Waals surface area contributed by atoms with Crippen molar-refractivity contribution in [3.8, 4) is 11.3 Å². The Hall–Kier alpha value is -3.54. The van der Waals surface area contributed by atoms with Crippen molar-refractivity contribution < 1.29 is 4.79 Å². The molecule has 0 saturated carbocycles. The van der Waals surface area contributed by atoms with Gasteiger partial charge in [-0.15, -0.1) is 0 Å². The Morgan fingerprint density at radius 2 is 2.08 bits per heavy atom. The van der Waals surface area contributed by atoms with Crippen LogP contribution >= 0.6 is 0 Å². The molecule has 0 bridgehead atoms. The molecule has 0 atom stereocenters. The first-order chi connectivity index (χ1) is 12.2. The van der Waals surface area contributed by atoms with Gasteiger partial charge in [-0.3, -0.25) is 9.78 Å². The minimum absolute atomic E-state index is 0.260. The van der Waals surface area contributed by atoms with Gasteiger partial charge in [0.25, 0.3) is 0 Å². The average Bonchev–Trinajstić information content (AvgIpc) is 2.65. The van der Waals surface area contributed by atoms with Crippen molar-refractivity contribution in [2.75, 3.05) is 10.6 Å². The Morgan fingerprint density at radius 1 is 1.20 bits per heavy atom. The molecule has 6 heteroatoms. The quantitative estimate of drug-likeness (QED) is 0.697. The molecule has 0 spiro atoms. The highest BCUT2D eigenvalue weighted by Crippen LogP contribution is 2.24. The number of hydrogen-bond acceptors (Lipinski definition) is 5. The summed E-state index contributed by atoms with van der Waals surface area (Å²) in [5, 5.41) is 5.93. The Kier molecular flexibility index (Phi) is 4.80. The first kappa shape index (κ1) is 16.3. The Bertz CT molecular complexity index is 909. The maximum atomic E-state index is 11.5. The summed E-state index contributed by atoms with van der Waals surface area (Å²) < 4.78 is 0. The lowest BCUT2D eigenvalue weighted by atomic mass is 10.1. The van der Waals surface area contributed by atoms with Crippen LogP contribution in [0.1, 0.15) is 5.56 Å². The van der Waals surface area contributed by atoms with E-state index in [9.17, 15) is 4.79 Å². The molecular formula is C19H17N5O. The number of carbonyl (C=O) groups is 1. The molecule has 1 aromatic carbocycles. The number of nitrogens with one attached hydrogen (secondary N) is 2. The highest BCUT2D eigenvalue weighted by molar-refractivity contribution is 5.99. The van der Waals surface area contributed by atoms with Crippen molar-refractivity contribution >= 4 is 23.2 Å². The van der Waals surface area contributed by atoms with Gasteiger partial charge in [-0.1, -0.05) is 12.6 Å². The Morgan fingerprint density at radius 3 is 2.84 bits per heavy atom. The second-order valence-corrected chi connectivity index (χ2v) is 5.36. The normalized spacial score (nSPS) is 10.1. The predicted octanol–water partition coefficient (Wildman–Crippen LogP) is 3.72. The zero-order valence-electron chi connectivity index (χ0n) is 13.7. The monoisotopic (exact) mass is 331 g/mol. The van der Waals surface area contributed by atoms with Crippen LogP contribution < -0.4 is 10.6 Å². The molecule has 0 saturated heterocycles. The first-order valence-electron chi connectivity index (χ1n) is 7.70. The van der Waals surface area contributed by atoms with Crippen LogP contribution in [0.15, 0.2) is 67.6 Å². The van der Waals surface area contributed by atoms with Crippen molar-refractivity contribution in [1.29, 1.82) is 0 Å². The second kappa shape index (κ2) is 7.35. The van der Waals surface area contributed by atoms with Crippen LogP contribution in [-0.2, 0) is 4.79 Å². The number of nitrogens with zero attached hydrogens (tertiary/aromatic N) is 3. The molecule has 3 aromatic rings. The van der Waals surface area contributed by atoms with E-state index in [0.29, 0.717) is 11.6 Å². The van der Waals surface area contributed by atoms with Crippen LogP contribution in [-0.4, -0.2) is 20.9 Å². The van der Waals surface area contributed by atoms with Gasteiger partial charge < -0.3 is 10.6 Å². The molecule has 0 aliphatic heterocycles. The van der Waals surface area contributed by atoms with Crippen LogP contribution in [0, 0.1) is 6.92 Å². The van der Waals surface area contributed by atoms with Crippen LogP contribution in [0.4, 0.5) is 17.3 Å². The van der Waals surface area contributed by atoms with Crippen molar-refractivity contribution in [2.45, 2.75) is 6.92 Å². The number of rotatable bonds is 5. The van der Waals surface area contributed by atoms with Crippen molar-refractivity contribution in [3.63, 3.8) is 0 Å². The predicted molar refractivity (Wildman–Crippen MR) is 98.6 cm³/mol. The van der Waals surface area contributed by atoms with Gasteiger partial charge in [0.1, 0.15) is 0 Å². The number of anilines is 3. The minimum atomic E-state index is -0.260. The summed E-state index contributed by atoms with van der Waals surface area (Å²) in [6, 6.07) is 11.2. The van der Waals surface area contributed by atoms with Gasteiger partial charge in [-0.2, -0.15) is 0 Å². The van der Waals surface area contributed by atoms with Gasteiger partial charge in [-0.05, 0) is 48.9 Å². The van der Waals surface area contributed by atoms with Crippen molar-refractivity contribution in [3.05, 3.63) is 73.2 Å². The largest absolute Gasteiger partial charge is 0.324 e. The number of pyridine rings is 1. The summed E-state index contributed by atoms with van der Waals surface area (Å²) in [4.78, 5) is 24.3. The van der Waals surface area contributed by atoms with E-state index < -0.39 is 0 Å². The highest BCUT2D eigenvalue weighted by Gasteiger charge is 2.06. The van der Waals surface area contributed by atoms with Gasteiger partial charge in [0.15, 0.2) is 0 Å². The van der Waals surface area contributed by atoms with E-state index in [1.807, 2.05) is 43.3 Å². The van der Waals surface area contributed by atoms with E-state index in [-0.39, 0.29) is 5.91 Å². The Labute approximate surface area is 145 Å². The van der Waals surface area contributed by atoms with E-state index in [1.54, 1.807) is 18.6 Å². The number of amides is 1. The summed E-state index contributed by atoms with van der Waals surface area (Å²) in [5.41, 5.74) is 4.18. The average molecular weight is 331 g/mol. The molecule has 6 nitrogen and oxygen atoms in total. The standard InChI is InChI=1S/C19H17N5O/c1-3-18(25)22-15-7-6-13(2)17(11-15)24-19-21-10-8-16(23-19)14-5-4-9-20-12-14/h3-12H,1H2,2H3,(H,22,25)(H,21,23,24). The number of benzene rings is 1. The highest BCUT2D eigenvalue weighted by atomic mass is 16.1. The Balaban J connectivity index is 1.86. The fourth-order valence-corrected chi connectivity index (χ4v) is 2.24. The molecule has 25 heavy (non-hydrogen) atoms. The second-order valence-electron chi connectivity index (χ2n) is 5.36. The third kappa shape index (κ3) is 4.06. The van der Waals surface area contributed by atoms with E-state index in [0.717, 1.165) is 22.5 Å². The van der Waals surface area contributed by atoms with E-state index in [4.69, 9.17) is 0 Å². The first-order valence-corrected chi connectivity index (χ1v) is 7.70. The van der Waals surface area contributed by atoms with E-state index >= 15 is 0 Å². The van der Waals surface area contributed by atoms with Crippen LogP contribution in [0.5, 0.6) is 0 Å². The van der Waals surface area contributed by atoms with Crippen molar-refractivity contribution in [2.24, 2.45) is 0 Å². The summed E-state index contributed by atoms with van der Waals surface area (Å²) in [6.45, 7) is 5.41. The molecule has 1 amide bonds. The number of hydrogen-bond donors (Lipinski definition) is 2. The zero-order chi connectivity index (χ0) is 17.6.